The highest BCUT2D eigenvalue weighted by atomic mass is 16.2. The van der Waals surface area contributed by atoms with Crippen molar-refractivity contribution in [2.75, 3.05) is 6.54 Å². The number of hydrogen-bond donors (Lipinski definition) is 2. The lowest BCUT2D eigenvalue weighted by Crippen LogP contribution is -2.36. The van der Waals surface area contributed by atoms with Crippen LogP contribution in [-0.4, -0.2) is 38.2 Å². The molecule has 0 aliphatic carbocycles. The third-order valence-electron chi connectivity index (χ3n) is 3.28. The average Bonchev–Trinajstić information content (AvgIpc) is 2.94. The van der Waals surface area contributed by atoms with E-state index < -0.39 is 5.91 Å². The zero-order chi connectivity index (χ0) is 14.1. The van der Waals surface area contributed by atoms with E-state index in [-0.39, 0.29) is 17.3 Å². The molecule has 0 unspecified atom stereocenters. The second-order valence-corrected chi connectivity index (χ2v) is 4.58. The van der Waals surface area contributed by atoms with E-state index in [1.807, 2.05) is 0 Å². The highest BCUT2D eigenvalue weighted by molar-refractivity contribution is 5.95. The number of imidazole rings is 1. The van der Waals surface area contributed by atoms with Crippen LogP contribution in [0.4, 0.5) is 0 Å². The lowest BCUT2D eigenvalue weighted by atomic mass is 10.1. The smallest absolute Gasteiger partial charge is 0.272 e. The summed E-state index contributed by atoms with van der Waals surface area (Å²) in [5.41, 5.74) is 7.42. The number of carbonyl (C=O) groups excluding carboxylic acids is 2. The van der Waals surface area contributed by atoms with Crippen LogP contribution in [0.3, 0.4) is 0 Å². The van der Waals surface area contributed by atoms with Gasteiger partial charge in [0.25, 0.3) is 11.8 Å². The predicted molar refractivity (Wildman–Crippen MR) is 69.8 cm³/mol. The van der Waals surface area contributed by atoms with Crippen LogP contribution >= 0.6 is 0 Å². The molecule has 2 aromatic rings. The molecule has 102 valence electrons. The van der Waals surface area contributed by atoms with E-state index in [0.717, 1.165) is 11.4 Å². The summed E-state index contributed by atoms with van der Waals surface area (Å²) in [5, 5.41) is 0. The minimum absolute atomic E-state index is 0.0927. The Morgan fingerprint density at radius 1 is 1.30 bits per heavy atom. The molecule has 1 aliphatic rings. The number of hydrogen-bond acceptors (Lipinski definition) is 4. The minimum atomic E-state index is -0.644. The van der Waals surface area contributed by atoms with Gasteiger partial charge in [-0.25, -0.2) is 9.97 Å². The van der Waals surface area contributed by atoms with Gasteiger partial charge in [-0.05, 0) is 12.1 Å². The molecular formula is C13H13N5O2. The largest absolute Gasteiger partial charge is 0.364 e. The Kier molecular flexibility index (Phi) is 2.94. The fourth-order valence-corrected chi connectivity index (χ4v) is 2.24. The van der Waals surface area contributed by atoms with Gasteiger partial charge in [0.1, 0.15) is 11.4 Å². The number of H-pyrrole nitrogens is 1. The van der Waals surface area contributed by atoms with Crippen LogP contribution in [-0.2, 0) is 13.0 Å². The first kappa shape index (κ1) is 12.3. The molecule has 3 N–H and O–H groups in total. The molecule has 0 fully saturated rings. The van der Waals surface area contributed by atoms with Gasteiger partial charge in [0.05, 0.1) is 24.3 Å². The quantitative estimate of drug-likeness (QED) is 0.808. The van der Waals surface area contributed by atoms with Gasteiger partial charge in [-0.15, -0.1) is 0 Å². The molecule has 3 rings (SSSR count). The molecule has 0 atom stereocenters. The first-order chi connectivity index (χ1) is 9.65. The van der Waals surface area contributed by atoms with E-state index in [0.29, 0.717) is 19.5 Å². The van der Waals surface area contributed by atoms with E-state index in [1.54, 1.807) is 23.4 Å². The van der Waals surface area contributed by atoms with Crippen LogP contribution in [0, 0.1) is 0 Å². The monoisotopic (exact) mass is 271 g/mol. The van der Waals surface area contributed by atoms with Crippen molar-refractivity contribution >= 4 is 11.8 Å². The number of aromatic amines is 1. The van der Waals surface area contributed by atoms with Crippen molar-refractivity contribution in [2.45, 2.75) is 13.0 Å². The van der Waals surface area contributed by atoms with Gasteiger partial charge in [0.15, 0.2) is 0 Å². The maximum atomic E-state index is 12.4. The fourth-order valence-electron chi connectivity index (χ4n) is 2.24. The molecule has 0 spiro atoms. The maximum absolute atomic E-state index is 12.4. The molecule has 0 aromatic carbocycles. The topological polar surface area (TPSA) is 105 Å². The van der Waals surface area contributed by atoms with Crippen LogP contribution in [0.25, 0.3) is 0 Å². The van der Waals surface area contributed by atoms with Gasteiger partial charge in [0, 0.05) is 13.0 Å². The van der Waals surface area contributed by atoms with Crippen molar-refractivity contribution in [3.8, 4) is 0 Å². The summed E-state index contributed by atoms with van der Waals surface area (Å²) < 4.78 is 0. The Hall–Kier alpha value is -2.70. The number of pyridine rings is 1. The maximum Gasteiger partial charge on any atom is 0.272 e. The van der Waals surface area contributed by atoms with Crippen LogP contribution < -0.4 is 5.73 Å². The van der Waals surface area contributed by atoms with Gasteiger partial charge in [0.2, 0.25) is 0 Å². The second kappa shape index (κ2) is 4.76. The number of nitrogens with zero attached hydrogens (tertiary/aromatic N) is 3. The van der Waals surface area contributed by atoms with Crippen LogP contribution in [0.2, 0.25) is 0 Å². The Morgan fingerprint density at radius 3 is 2.90 bits per heavy atom. The van der Waals surface area contributed by atoms with E-state index in [1.165, 1.54) is 6.07 Å². The molecule has 3 heterocycles. The molecule has 0 bridgehead atoms. The number of nitrogens with two attached hydrogens (primary N) is 1. The summed E-state index contributed by atoms with van der Waals surface area (Å²) in [5.74, 6) is -0.859. The normalized spacial score (nSPS) is 13.9. The molecule has 0 saturated heterocycles. The van der Waals surface area contributed by atoms with Crippen molar-refractivity contribution in [2.24, 2.45) is 5.73 Å². The van der Waals surface area contributed by atoms with Crippen molar-refractivity contribution < 1.29 is 9.59 Å². The highest BCUT2D eigenvalue weighted by Gasteiger charge is 2.24. The Morgan fingerprint density at radius 2 is 2.10 bits per heavy atom. The van der Waals surface area contributed by atoms with Gasteiger partial charge >= 0.3 is 0 Å². The summed E-state index contributed by atoms with van der Waals surface area (Å²) in [7, 11) is 0. The van der Waals surface area contributed by atoms with Crippen molar-refractivity contribution in [1.29, 1.82) is 0 Å². The summed E-state index contributed by atoms with van der Waals surface area (Å²) in [6.45, 7) is 1.05. The van der Waals surface area contributed by atoms with Gasteiger partial charge in [-0.3, -0.25) is 9.59 Å². The summed E-state index contributed by atoms with van der Waals surface area (Å²) >= 11 is 0. The molecule has 7 heteroatoms. The van der Waals surface area contributed by atoms with E-state index >= 15 is 0 Å². The lowest BCUT2D eigenvalue weighted by Gasteiger charge is -2.25. The molecule has 20 heavy (non-hydrogen) atoms. The summed E-state index contributed by atoms with van der Waals surface area (Å²) in [6.07, 6.45) is 2.34. The van der Waals surface area contributed by atoms with Crippen LogP contribution in [0.5, 0.6) is 0 Å². The second-order valence-electron chi connectivity index (χ2n) is 4.58. The van der Waals surface area contributed by atoms with E-state index in [4.69, 9.17) is 5.73 Å². The summed E-state index contributed by atoms with van der Waals surface area (Å²) in [4.78, 5) is 36.4. The predicted octanol–water partition coefficient (Wildman–Crippen LogP) is 0.102. The van der Waals surface area contributed by atoms with Crippen LogP contribution in [0.1, 0.15) is 32.4 Å². The Bertz CT molecular complexity index is 679. The zero-order valence-corrected chi connectivity index (χ0v) is 10.7. The number of carbonyl (C=O) groups is 2. The Balaban J connectivity index is 1.83. The van der Waals surface area contributed by atoms with Crippen molar-refractivity contribution in [1.82, 2.24) is 19.9 Å². The molecule has 7 nitrogen and oxygen atoms in total. The number of fused-ring (bicyclic) bond motifs is 1. The third kappa shape index (κ3) is 2.13. The standard InChI is InChI=1S/C13H13N5O2/c14-12(19)9-2-1-3-10(17-9)13(20)18-5-4-8-11(6-18)16-7-15-8/h1-3,7H,4-6H2,(H2,14,19)(H,15,16). The van der Waals surface area contributed by atoms with Gasteiger partial charge in [-0.1, -0.05) is 6.07 Å². The molecule has 2 amide bonds. The molecule has 0 radical (unpaired) electrons. The summed E-state index contributed by atoms with van der Waals surface area (Å²) in [6, 6.07) is 4.67. The zero-order valence-electron chi connectivity index (χ0n) is 10.7. The molecular weight excluding hydrogens is 258 g/mol. The van der Waals surface area contributed by atoms with Crippen LogP contribution in [0.15, 0.2) is 24.5 Å². The number of amides is 2. The highest BCUT2D eigenvalue weighted by Crippen LogP contribution is 2.16. The number of nitrogens with one attached hydrogen (secondary N) is 1. The fraction of sp³-hybridized carbons (Fsp3) is 0.231. The molecule has 2 aromatic heterocycles. The number of rotatable bonds is 2. The van der Waals surface area contributed by atoms with Crippen molar-refractivity contribution in [3.05, 3.63) is 47.3 Å². The van der Waals surface area contributed by atoms with E-state index in [2.05, 4.69) is 15.0 Å². The average molecular weight is 271 g/mol. The minimum Gasteiger partial charge on any atom is -0.364 e. The first-order valence-electron chi connectivity index (χ1n) is 6.22. The third-order valence-corrected chi connectivity index (χ3v) is 3.28. The van der Waals surface area contributed by atoms with E-state index in [9.17, 15) is 9.59 Å². The lowest BCUT2D eigenvalue weighted by molar-refractivity contribution is 0.0726. The van der Waals surface area contributed by atoms with Crippen molar-refractivity contribution in [3.63, 3.8) is 0 Å². The Labute approximate surface area is 114 Å². The first-order valence-corrected chi connectivity index (χ1v) is 6.22. The van der Waals surface area contributed by atoms with Gasteiger partial charge < -0.3 is 15.6 Å². The SMILES string of the molecule is NC(=O)c1cccc(C(=O)N2CCc3nc[nH]c3C2)n1. The number of primary amides is 1. The molecule has 0 saturated carbocycles. The molecule has 1 aliphatic heterocycles. The van der Waals surface area contributed by atoms with Gasteiger partial charge in [-0.2, -0.15) is 0 Å². The number of aromatic nitrogens is 3.